The first kappa shape index (κ1) is 17.4. The van der Waals surface area contributed by atoms with Crippen molar-refractivity contribution in [2.45, 2.75) is 5.25 Å². The van der Waals surface area contributed by atoms with Crippen LogP contribution in [0.15, 0.2) is 48.5 Å². The Labute approximate surface area is 144 Å². The zero-order chi connectivity index (χ0) is 17.0. The molecule has 6 heteroatoms. The number of thioether (sulfide) groups is 1. The van der Waals surface area contributed by atoms with Crippen LogP contribution in [-0.2, 0) is 4.79 Å². The van der Waals surface area contributed by atoms with E-state index in [0.717, 1.165) is 22.9 Å². The van der Waals surface area contributed by atoms with Gasteiger partial charge in [-0.05, 0) is 29.0 Å². The number of nitrogens with zero attached hydrogens (tertiary/aromatic N) is 1. The number of amides is 1. The molecule has 0 saturated carbocycles. The van der Waals surface area contributed by atoms with Crippen LogP contribution in [0.4, 0.5) is 4.79 Å². The number of hydrogen-bond acceptors (Lipinski definition) is 3. The van der Waals surface area contributed by atoms with Crippen LogP contribution in [0.2, 0.25) is 5.02 Å². The van der Waals surface area contributed by atoms with Crippen LogP contribution < -0.4 is 0 Å². The van der Waals surface area contributed by atoms with Crippen molar-refractivity contribution >= 4 is 34.6 Å². The van der Waals surface area contributed by atoms with Crippen LogP contribution in [0.25, 0.3) is 11.1 Å². The van der Waals surface area contributed by atoms with Gasteiger partial charge in [-0.2, -0.15) is 0 Å². The number of halogens is 1. The van der Waals surface area contributed by atoms with Crippen LogP contribution in [0.5, 0.6) is 0 Å². The van der Waals surface area contributed by atoms with Gasteiger partial charge in [-0.25, -0.2) is 0 Å². The molecule has 2 aromatic rings. The van der Waals surface area contributed by atoms with Crippen molar-refractivity contribution in [2.75, 3.05) is 14.1 Å². The molecule has 1 atom stereocenters. The highest BCUT2D eigenvalue weighted by Gasteiger charge is 2.25. The van der Waals surface area contributed by atoms with Gasteiger partial charge >= 0.3 is 5.97 Å². The Balaban J connectivity index is 2.28. The monoisotopic (exact) mass is 349 g/mol. The molecular weight excluding hydrogens is 334 g/mol. The van der Waals surface area contributed by atoms with Crippen molar-refractivity contribution in [3.63, 3.8) is 0 Å². The van der Waals surface area contributed by atoms with Crippen molar-refractivity contribution in [1.29, 1.82) is 0 Å². The predicted octanol–water partition coefficient (Wildman–Crippen LogP) is 4.55. The predicted molar refractivity (Wildman–Crippen MR) is 93.9 cm³/mol. The number of carboxylic acid groups (broad SMARTS) is 1. The Morgan fingerprint density at radius 3 is 2.22 bits per heavy atom. The van der Waals surface area contributed by atoms with Gasteiger partial charge in [0.05, 0.1) is 0 Å². The normalized spacial score (nSPS) is 11.8. The summed E-state index contributed by atoms with van der Waals surface area (Å²) >= 11 is 6.95. The summed E-state index contributed by atoms with van der Waals surface area (Å²) in [7, 11) is 3.18. The lowest BCUT2D eigenvalue weighted by Crippen LogP contribution is -2.20. The number of hydrogen-bond donors (Lipinski definition) is 1. The van der Waals surface area contributed by atoms with E-state index in [4.69, 9.17) is 11.6 Å². The molecule has 1 amide bonds. The molecule has 0 aliphatic rings. The second-order valence-electron chi connectivity index (χ2n) is 5.10. The number of carbonyl (C=O) groups is 2. The Bertz CT molecular complexity index is 716. The highest BCUT2D eigenvalue weighted by Crippen LogP contribution is 2.33. The van der Waals surface area contributed by atoms with Crippen molar-refractivity contribution in [1.82, 2.24) is 4.90 Å². The van der Waals surface area contributed by atoms with Gasteiger partial charge in [-0.1, -0.05) is 54.1 Å². The van der Waals surface area contributed by atoms with E-state index in [1.165, 1.54) is 4.90 Å². The summed E-state index contributed by atoms with van der Waals surface area (Å²) in [6.07, 6.45) is 0. The Kier molecular flexibility index (Phi) is 5.69. The van der Waals surface area contributed by atoms with Crippen molar-refractivity contribution in [3.05, 3.63) is 59.1 Å². The van der Waals surface area contributed by atoms with Gasteiger partial charge in [-0.3, -0.25) is 9.59 Å². The second-order valence-corrected chi connectivity index (χ2v) is 6.56. The van der Waals surface area contributed by atoms with E-state index < -0.39 is 11.2 Å². The molecule has 2 rings (SSSR count). The van der Waals surface area contributed by atoms with E-state index in [2.05, 4.69) is 0 Å². The smallest absolute Gasteiger partial charge is 0.321 e. The molecule has 0 spiro atoms. The quantitative estimate of drug-likeness (QED) is 0.879. The number of benzene rings is 2. The third-order valence-corrected chi connectivity index (χ3v) is 4.81. The van der Waals surface area contributed by atoms with Crippen LogP contribution in [-0.4, -0.2) is 35.3 Å². The first-order valence-electron chi connectivity index (χ1n) is 6.85. The number of carbonyl (C=O) groups excluding carboxylic acids is 1. The topological polar surface area (TPSA) is 57.6 Å². The SMILES string of the molecule is CN(C)C(=O)SC(C(=O)O)c1ccc(-c2ccccc2Cl)cc1. The summed E-state index contributed by atoms with van der Waals surface area (Å²) < 4.78 is 0. The minimum atomic E-state index is -1.05. The fourth-order valence-corrected chi connectivity index (χ4v) is 3.05. The van der Waals surface area contributed by atoms with Gasteiger partial charge < -0.3 is 10.0 Å². The third kappa shape index (κ3) is 4.27. The highest BCUT2D eigenvalue weighted by molar-refractivity contribution is 8.14. The van der Waals surface area contributed by atoms with E-state index in [1.54, 1.807) is 32.3 Å². The van der Waals surface area contributed by atoms with E-state index >= 15 is 0 Å². The molecule has 0 saturated heterocycles. The standard InChI is InChI=1S/C17H16ClNO3S/c1-19(2)17(22)23-15(16(20)21)12-9-7-11(8-10-12)13-5-3-4-6-14(13)18/h3-10,15H,1-2H3,(H,20,21). The first-order valence-corrected chi connectivity index (χ1v) is 8.11. The van der Waals surface area contributed by atoms with Gasteiger partial charge in [0.15, 0.2) is 0 Å². The zero-order valence-corrected chi connectivity index (χ0v) is 14.3. The summed E-state index contributed by atoms with van der Waals surface area (Å²) in [4.78, 5) is 24.6. The molecule has 1 N–H and O–H groups in total. The van der Waals surface area contributed by atoms with E-state index in [9.17, 15) is 14.7 Å². The average molecular weight is 350 g/mol. The van der Waals surface area contributed by atoms with Crippen molar-refractivity contribution in [3.8, 4) is 11.1 Å². The van der Waals surface area contributed by atoms with E-state index in [0.29, 0.717) is 10.6 Å². The van der Waals surface area contributed by atoms with Gasteiger partial charge in [0.1, 0.15) is 5.25 Å². The van der Waals surface area contributed by atoms with Crippen molar-refractivity contribution < 1.29 is 14.7 Å². The zero-order valence-electron chi connectivity index (χ0n) is 12.7. The van der Waals surface area contributed by atoms with Crippen LogP contribution in [0.1, 0.15) is 10.8 Å². The Hall–Kier alpha value is -1.98. The van der Waals surface area contributed by atoms with Crippen LogP contribution >= 0.6 is 23.4 Å². The number of rotatable bonds is 4. The lowest BCUT2D eigenvalue weighted by atomic mass is 10.0. The maximum Gasteiger partial charge on any atom is 0.321 e. The van der Waals surface area contributed by atoms with E-state index in [-0.39, 0.29) is 5.24 Å². The van der Waals surface area contributed by atoms with Gasteiger partial charge in [0.25, 0.3) is 5.24 Å². The first-order chi connectivity index (χ1) is 10.9. The Morgan fingerprint density at radius 1 is 1.09 bits per heavy atom. The molecule has 0 aliphatic heterocycles. The molecule has 0 aromatic heterocycles. The molecule has 23 heavy (non-hydrogen) atoms. The lowest BCUT2D eigenvalue weighted by molar-refractivity contribution is -0.136. The maximum absolute atomic E-state index is 11.8. The molecule has 0 bridgehead atoms. The molecule has 0 aliphatic carbocycles. The summed E-state index contributed by atoms with van der Waals surface area (Å²) in [5.74, 6) is -1.05. The summed E-state index contributed by atoms with van der Waals surface area (Å²) in [5, 5.41) is 8.77. The average Bonchev–Trinajstić information content (AvgIpc) is 2.52. The van der Waals surface area contributed by atoms with Crippen LogP contribution in [0, 0.1) is 0 Å². The second kappa shape index (κ2) is 7.53. The number of aliphatic carboxylic acids is 1. The van der Waals surface area contributed by atoms with Gasteiger partial charge in [-0.15, -0.1) is 0 Å². The van der Waals surface area contributed by atoms with Crippen LogP contribution in [0.3, 0.4) is 0 Å². The third-order valence-electron chi connectivity index (χ3n) is 3.21. The molecule has 0 heterocycles. The molecular formula is C17H16ClNO3S. The van der Waals surface area contributed by atoms with E-state index in [1.807, 2.05) is 30.3 Å². The highest BCUT2D eigenvalue weighted by atomic mass is 35.5. The fourth-order valence-electron chi connectivity index (χ4n) is 2.00. The van der Waals surface area contributed by atoms with Crippen molar-refractivity contribution in [2.24, 2.45) is 0 Å². The molecule has 1 unspecified atom stereocenters. The minimum Gasteiger partial charge on any atom is -0.480 e. The molecule has 0 radical (unpaired) electrons. The largest absolute Gasteiger partial charge is 0.480 e. The summed E-state index contributed by atoms with van der Waals surface area (Å²) in [6.45, 7) is 0. The minimum absolute atomic E-state index is 0.299. The molecule has 0 fully saturated rings. The summed E-state index contributed by atoms with van der Waals surface area (Å²) in [6, 6.07) is 14.5. The maximum atomic E-state index is 11.8. The van der Waals surface area contributed by atoms with Gasteiger partial charge in [0, 0.05) is 24.7 Å². The molecule has 120 valence electrons. The fraction of sp³-hybridized carbons (Fsp3) is 0.176. The lowest BCUT2D eigenvalue weighted by Gasteiger charge is -2.15. The molecule has 4 nitrogen and oxygen atoms in total. The van der Waals surface area contributed by atoms with Gasteiger partial charge in [0.2, 0.25) is 0 Å². The number of carboxylic acids is 1. The Morgan fingerprint density at radius 2 is 1.70 bits per heavy atom. The molecule has 2 aromatic carbocycles. The summed E-state index contributed by atoms with van der Waals surface area (Å²) in [5.41, 5.74) is 2.34.